The number of thiazole rings is 1. The van der Waals surface area contributed by atoms with Crippen molar-refractivity contribution >= 4 is 49.6 Å². The van der Waals surface area contributed by atoms with Crippen LogP contribution in [-0.2, 0) is 7.05 Å². The van der Waals surface area contributed by atoms with E-state index < -0.39 is 12.0 Å². The molecule has 0 unspecified atom stereocenters. The van der Waals surface area contributed by atoms with Crippen molar-refractivity contribution in [3.8, 4) is 5.75 Å². The molecular formula is C21H20F3N5O3S. The molecule has 0 spiro atoms. The lowest BCUT2D eigenvalue weighted by atomic mass is 10.1. The fraction of sp³-hybridized carbons (Fsp3) is 0.286. The Morgan fingerprint density at radius 3 is 2.61 bits per heavy atom. The molecule has 0 radical (unpaired) electrons. The Hall–Kier alpha value is -3.38. The highest BCUT2D eigenvalue weighted by Crippen LogP contribution is 2.33. The first-order valence-corrected chi connectivity index (χ1v) is 10.6. The van der Waals surface area contributed by atoms with Gasteiger partial charge < -0.3 is 25.0 Å². The minimum atomic E-state index is -4.77. The van der Waals surface area contributed by atoms with Gasteiger partial charge in [0.05, 0.1) is 26.9 Å². The second kappa shape index (κ2) is 8.19. The fourth-order valence-electron chi connectivity index (χ4n) is 3.10. The number of amides is 1. The van der Waals surface area contributed by atoms with Gasteiger partial charge in [-0.1, -0.05) is 11.3 Å². The van der Waals surface area contributed by atoms with E-state index in [1.165, 1.54) is 18.2 Å². The molecule has 0 saturated carbocycles. The molecule has 0 fully saturated rings. The van der Waals surface area contributed by atoms with E-state index in [4.69, 9.17) is 0 Å². The van der Waals surface area contributed by atoms with Crippen molar-refractivity contribution < 1.29 is 27.8 Å². The summed E-state index contributed by atoms with van der Waals surface area (Å²) < 4.78 is 43.6. The van der Waals surface area contributed by atoms with E-state index in [-0.39, 0.29) is 18.2 Å². The van der Waals surface area contributed by atoms with Gasteiger partial charge >= 0.3 is 6.36 Å². The Kier molecular flexibility index (Phi) is 5.66. The van der Waals surface area contributed by atoms with Crippen molar-refractivity contribution in [2.24, 2.45) is 7.05 Å². The minimum Gasteiger partial charge on any atom is -0.406 e. The summed E-state index contributed by atoms with van der Waals surface area (Å²) in [5, 5.41) is 16.0. The highest BCUT2D eigenvalue weighted by atomic mass is 32.1. The zero-order valence-electron chi connectivity index (χ0n) is 17.8. The lowest BCUT2D eigenvalue weighted by molar-refractivity contribution is -0.274. The van der Waals surface area contributed by atoms with Crippen LogP contribution in [-0.4, -0.2) is 44.1 Å². The van der Waals surface area contributed by atoms with Crippen LogP contribution in [0.15, 0.2) is 36.4 Å². The number of aliphatic hydroxyl groups is 1. The number of aryl methyl sites for hydroxylation is 1. The van der Waals surface area contributed by atoms with Crippen molar-refractivity contribution in [3.05, 3.63) is 42.0 Å². The van der Waals surface area contributed by atoms with E-state index in [9.17, 15) is 23.1 Å². The number of anilines is 2. The zero-order chi connectivity index (χ0) is 24.0. The third kappa shape index (κ3) is 5.34. The van der Waals surface area contributed by atoms with E-state index in [1.807, 2.05) is 0 Å². The van der Waals surface area contributed by atoms with E-state index >= 15 is 0 Å². The van der Waals surface area contributed by atoms with Crippen LogP contribution < -0.4 is 15.4 Å². The third-order valence-electron chi connectivity index (χ3n) is 4.64. The van der Waals surface area contributed by atoms with Crippen LogP contribution >= 0.6 is 11.3 Å². The Morgan fingerprint density at radius 1 is 1.15 bits per heavy atom. The Balaban J connectivity index is 1.56. The number of carbonyl (C=O) groups excluding carboxylic acids is 1. The largest absolute Gasteiger partial charge is 0.573 e. The van der Waals surface area contributed by atoms with Crippen LogP contribution in [0.3, 0.4) is 0 Å². The van der Waals surface area contributed by atoms with Gasteiger partial charge in [-0.25, -0.2) is 9.97 Å². The third-order valence-corrected chi connectivity index (χ3v) is 5.57. The second-order valence-electron chi connectivity index (χ2n) is 8.01. The molecule has 4 rings (SSSR count). The van der Waals surface area contributed by atoms with Gasteiger partial charge in [-0.05, 0) is 44.2 Å². The number of rotatable bonds is 6. The molecule has 4 aromatic rings. The van der Waals surface area contributed by atoms with Gasteiger partial charge in [0.2, 0.25) is 5.95 Å². The van der Waals surface area contributed by atoms with Crippen LogP contribution in [0.2, 0.25) is 0 Å². The highest BCUT2D eigenvalue weighted by Gasteiger charge is 2.31. The first-order valence-electron chi connectivity index (χ1n) is 9.78. The topological polar surface area (TPSA) is 101 Å². The predicted octanol–water partition coefficient (Wildman–Crippen LogP) is 4.33. The summed E-state index contributed by atoms with van der Waals surface area (Å²) in [6.07, 6.45) is -4.77. The molecule has 0 aliphatic carbocycles. The van der Waals surface area contributed by atoms with Gasteiger partial charge in [0, 0.05) is 25.2 Å². The molecule has 8 nitrogen and oxygen atoms in total. The molecule has 2 aromatic heterocycles. The van der Waals surface area contributed by atoms with Gasteiger partial charge in [-0.3, -0.25) is 4.79 Å². The Labute approximate surface area is 190 Å². The van der Waals surface area contributed by atoms with Crippen LogP contribution in [0.5, 0.6) is 5.75 Å². The number of hydrogen-bond donors (Lipinski definition) is 3. The maximum atomic E-state index is 12.5. The smallest absolute Gasteiger partial charge is 0.406 e. The molecule has 0 atom stereocenters. The summed E-state index contributed by atoms with van der Waals surface area (Å²) >= 11 is 1.16. The number of fused-ring (bicyclic) bond motifs is 2. The van der Waals surface area contributed by atoms with Crippen molar-refractivity contribution in [1.29, 1.82) is 0 Å². The van der Waals surface area contributed by atoms with Crippen LogP contribution in [0.1, 0.15) is 24.2 Å². The molecule has 1 amide bonds. The quantitative estimate of drug-likeness (QED) is 0.381. The molecule has 0 saturated heterocycles. The average molecular weight is 479 g/mol. The summed E-state index contributed by atoms with van der Waals surface area (Å²) in [7, 11) is 1.79. The van der Waals surface area contributed by atoms with Gasteiger partial charge in [0.25, 0.3) is 5.91 Å². The molecular weight excluding hydrogens is 459 g/mol. The van der Waals surface area contributed by atoms with Gasteiger partial charge in [-0.2, -0.15) is 0 Å². The van der Waals surface area contributed by atoms with E-state index in [0.717, 1.165) is 16.9 Å². The monoisotopic (exact) mass is 479 g/mol. The Bertz CT molecular complexity index is 1340. The number of imidazole rings is 1. The standard InChI is InChI=1S/C21H20F3N5O3S/c1-20(2,31)10-25-17(30)11-4-7-15-14(8-11)26-18(29(15)3)28-19-27-13-6-5-12(9-16(13)33-19)32-21(22,23)24/h4-9,31H,10H2,1-3H3,(H,25,30)(H,26,27,28). The molecule has 12 heteroatoms. The SMILES string of the molecule is Cn1c(Nc2nc3ccc(OC(F)(F)F)cc3s2)nc2cc(C(=O)NCC(C)(C)O)ccc21. The summed E-state index contributed by atoms with van der Waals surface area (Å²) in [6, 6.07) is 8.99. The van der Waals surface area contributed by atoms with E-state index in [2.05, 4.69) is 25.3 Å². The average Bonchev–Trinajstić information content (AvgIpc) is 3.24. The van der Waals surface area contributed by atoms with Gasteiger partial charge in [-0.15, -0.1) is 13.2 Å². The number of alkyl halides is 3. The molecule has 2 heterocycles. The van der Waals surface area contributed by atoms with Crippen LogP contribution in [0, 0.1) is 0 Å². The van der Waals surface area contributed by atoms with Gasteiger partial charge in [0.15, 0.2) is 5.13 Å². The molecule has 0 aliphatic heterocycles. The zero-order valence-corrected chi connectivity index (χ0v) is 18.6. The van der Waals surface area contributed by atoms with Crippen molar-refractivity contribution in [2.45, 2.75) is 25.8 Å². The fourth-order valence-corrected chi connectivity index (χ4v) is 3.99. The molecule has 3 N–H and O–H groups in total. The van der Waals surface area contributed by atoms with Crippen molar-refractivity contribution in [1.82, 2.24) is 19.9 Å². The highest BCUT2D eigenvalue weighted by molar-refractivity contribution is 7.22. The maximum absolute atomic E-state index is 12.5. The number of carbonyl (C=O) groups is 1. The van der Waals surface area contributed by atoms with Crippen LogP contribution in [0.4, 0.5) is 24.3 Å². The normalized spacial score (nSPS) is 12.3. The van der Waals surface area contributed by atoms with Crippen molar-refractivity contribution in [2.75, 3.05) is 11.9 Å². The number of nitrogens with zero attached hydrogens (tertiary/aromatic N) is 3. The number of aromatic nitrogens is 3. The van der Waals surface area contributed by atoms with E-state index in [0.29, 0.717) is 32.4 Å². The number of hydrogen-bond acceptors (Lipinski definition) is 7. The lowest BCUT2D eigenvalue weighted by Crippen LogP contribution is -2.38. The molecule has 0 bridgehead atoms. The summed E-state index contributed by atoms with van der Waals surface area (Å²) in [5.74, 6) is -0.199. The Morgan fingerprint density at radius 2 is 1.91 bits per heavy atom. The lowest BCUT2D eigenvalue weighted by Gasteiger charge is -2.17. The molecule has 0 aliphatic rings. The number of benzene rings is 2. The van der Waals surface area contributed by atoms with E-state index in [1.54, 1.807) is 43.7 Å². The molecule has 174 valence electrons. The summed E-state index contributed by atoms with van der Waals surface area (Å²) in [5.41, 5.74) is 1.21. The first kappa shape index (κ1) is 22.8. The number of nitrogens with one attached hydrogen (secondary N) is 2. The van der Waals surface area contributed by atoms with Crippen LogP contribution in [0.25, 0.3) is 21.3 Å². The second-order valence-corrected chi connectivity index (χ2v) is 9.05. The van der Waals surface area contributed by atoms with Gasteiger partial charge in [0.1, 0.15) is 5.75 Å². The first-order chi connectivity index (χ1) is 15.4. The predicted molar refractivity (Wildman–Crippen MR) is 119 cm³/mol. The number of halogens is 3. The maximum Gasteiger partial charge on any atom is 0.573 e. The summed E-state index contributed by atoms with van der Waals surface area (Å²) in [4.78, 5) is 21.3. The number of ether oxygens (including phenoxy) is 1. The molecule has 33 heavy (non-hydrogen) atoms. The molecule has 2 aromatic carbocycles. The van der Waals surface area contributed by atoms with Crippen molar-refractivity contribution in [3.63, 3.8) is 0 Å². The summed E-state index contributed by atoms with van der Waals surface area (Å²) in [6.45, 7) is 3.30. The minimum absolute atomic E-state index is 0.103.